The zero-order valence-corrected chi connectivity index (χ0v) is 37.4. The van der Waals surface area contributed by atoms with E-state index >= 15 is 0 Å². The molecule has 0 aliphatic carbocycles. The normalized spacial score (nSPS) is 13.4. The van der Waals surface area contributed by atoms with Crippen LogP contribution in [0.3, 0.4) is 0 Å². The largest absolute Gasteiger partial charge is 0.394 e. The van der Waals surface area contributed by atoms with Crippen LogP contribution in [0.15, 0.2) is 60.8 Å². The third-order valence-corrected chi connectivity index (χ3v) is 11.0. The first kappa shape index (κ1) is 54.1. The average Bonchev–Trinajstić information content (AvgIpc) is 3.20. The Bertz CT molecular complexity index is 934. The molecule has 0 saturated carbocycles. The molecule has 0 aromatic heterocycles. The van der Waals surface area contributed by atoms with Gasteiger partial charge in [0.2, 0.25) is 5.91 Å². The van der Waals surface area contributed by atoms with Crippen LogP contribution in [0.1, 0.15) is 245 Å². The molecule has 56 heavy (non-hydrogen) atoms. The predicted octanol–water partition coefficient (Wildman–Crippen LogP) is 15.7. The van der Waals surface area contributed by atoms with Gasteiger partial charge in [0.1, 0.15) is 0 Å². The molecular weight excluding hydrogens is 687 g/mol. The van der Waals surface area contributed by atoms with Gasteiger partial charge in [-0.1, -0.05) is 242 Å². The molecule has 326 valence electrons. The van der Waals surface area contributed by atoms with Crippen LogP contribution in [-0.4, -0.2) is 34.9 Å². The van der Waals surface area contributed by atoms with Gasteiger partial charge in [0.05, 0.1) is 18.8 Å². The fraction of sp³-hybridized carbons (Fsp3) is 0.788. The number of amides is 1. The molecule has 1 amide bonds. The van der Waals surface area contributed by atoms with Crippen LogP contribution >= 0.6 is 0 Å². The second-order valence-corrected chi connectivity index (χ2v) is 16.5. The second-order valence-electron chi connectivity index (χ2n) is 16.5. The number of hydrogen-bond acceptors (Lipinski definition) is 3. The Morgan fingerprint density at radius 3 is 1.18 bits per heavy atom. The summed E-state index contributed by atoms with van der Waals surface area (Å²) in [4.78, 5) is 12.5. The fourth-order valence-electron chi connectivity index (χ4n) is 7.33. The zero-order valence-electron chi connectivity index (χ0n) is 37.4. The Morgan fingerprint density at radius 1 is 0.446 bits per heavy atom. The van der Waals surface area contributed by atoms with Crippen molar-refractivity contribution in [1.82, 2.24) is 5.32 Å². The Kier molecular flexibility index (Phi) is 45.8. The summed E-state index contributed by atoms with van der Waals surface area (Å²) in [5, 5.41) is 23.3. The molecule has 0 aromatic carbocycles. The summed E-state index contributed by atoms with van der Waals surface area (Å²) in [6.07, 6.45) is 66.0. The molecule has 0 aromatic rings. The van der Waals surface area contributed by atoms with Gasteiger partial charge < -0.3 is 15.5 Å². The number of hydrogen-bond donors (Lipinski definition) is 3. The van der Waals surface area contributed by atoms with E-state index in [0.29, 0.717) is 12.8 Å². The summed E-state index contributed by atoms with van der Waals surface area (Å²) in [6, 6.07) is -0.543. The molecule has 0 spiro atoms. The molecule has 4 nitrogen and oxygen atoms in total. The zero-order chi connectivity index (χ0) is 40.7. The Morgan fingerprint density at radius 2 is 0.786 bits per heavy atom. The summed E-state index contributed by atoms with van der Waals surface area (Å²) in [5.41, 5.74) is 0. The summed E-state index contributed by atoms with van der Waals surface area (Å²) >= 11 is 0. The van der Waals surface area contributed by atoms with E-state index in [1.165, 1.54) is 161 Å². The van der Waals surface area contributed by atoms with Crippen LogP contribution in [0, 0.1) is 0 Å². The maximum absolute atomic E-state index is 12.5. The van der Waals surface area contributed by atoms with Gasteiger partial charge in [-0.15, -0.1) is 0 Å². The smallest absolute Gasteiger partial charge is 0.220 e. The lowest BCUT2D eigenvalue weighted by Crippen LogP contribution is -2.45. The molecule has 0 saturated heterocycles. The van der Waals surface area contributed by atoms with Gasteiger partial charge in [-0.05, 0) is 57.8 Å². The van der Waals surface area contributed by atoms with Gasteiger partial charge in [0.15, 0.2) is 0 Å². The third-order valence-electron chi connectivity index (χ3n) is 11.0. The van der Waals surface area contributed by atoms with Crippen LogP contribution in [0.5, 0.6) is 0 Å². The van der Waals surface area contributed by atoms with Crippen molar-refractivity contribution in [3.8, 4) is 0 Å². The van der Waals surface area contributed by atoms with E-state index in [1.807, 2.05) is 0 Å². The van der Waals surface area contributed by atoms with Crippen molar-refractivity contribution in [1.29, 1.82) is 0 Å². The summed E-state index contributed by atoms with van der Waals surface area (Å²) in [6.45, 7) is 4.25. The lowest BCUT2D eigenvalue weighted by molar-refractivity contribution is -0.123. The molecule has 0 heterocycles. The molecule has 2 atom stereocenters. The first-order valence-electron chi connectivity index (χ1n) is 24.5. The van der Waals surface area contributed by atoms with Gasteiger partial charge in [-0.25, -0.2) is 0 Å². The lowest BCUT2D eigenvalue weighted by Gasteiger charge is -2.22. The van der Waals surface area contributed by atoms with Crippen molar-refractivity contribution in [3.05, 3.63) is 60.8 Å². The van der Waals surface area contributed by atoms with Crippen molar-refractivity contribution < 1.29 is 15.0 Å². The minimum Gasteiger partial charge on any atom is -0.394 e. The van der Waals surface area contributed by atoms with Crippen molar-refractivity contribution in [2.75, 3.05) is 6.61 Å². The maximum atomic E-state index is 12.5. The predicted molar refractivity (Wildman–Crippen MR) is 248 cm³/mol. The molecule has 0 aliphatic heterocycles. The average molecular weight is 782 g/mol. The Hall–Kier alpha value is -1.91. The van der Waals surface area contributed by atoms with Crippen LogP contribution in [-0.2, 0) is 4.79 Å². The second kappa shape index (κ2) is 47.5. The highest BCUT2D eigenvalue weighted by Gasteiger charge is 2.20. The Balaban J connectivity index is 3.54. The van der Waals surface area contributed by atoms with E-state index in [1.54, 1.807) is 0 Å². The van der Waals surface area contributed by atoms with Crippen molar-refractivity contribution in [2.24, 2.45) is 0 Å². The SMILES string of the molecule is CC/C=C\C/C=C\C/C=C\C/C=C\C/C=C\CCCCCCCCCCCC(=O)NC(CO)C(O)CCCCCCCCCCCCCCCCCCCCC. The van der Waals surface area contributed by atoms with Crippen LogP contribution in [0.2, 0.25) is 0 Å². The van der Waals surface area contributed by atoms with Gasteiger partial charge in [-0.2, -0.15) is 0 Å². The standard InChI is InChI=1S/C52H95NO3/c1-3-5-7-9-11-13-15-17-19-21-23-24-25-26-27-28-30-32-34-36-38-40-42-44-46-48-52(56)53-50(49-54)51(55)47-45-43-41-39-37-35-33-31-29-22-20-18-16-14-12-10-8-6-4-2/h5,7,11,13,17,19,23-24,26-27,50-51,54-55H,3-4,6,8-10,12,14-16,18,20-22,25,28-49H2,1-2H3,(H,53,56)/b7-5-,13-11-,19-17-,24-23-,27-26-. The summed E-state index contributed by atoms with van der Waals surface area (Å²) < 4.78 is 0. The van der Waals surface area contributed by atoms with Crippen molar-refractivity contribution in [3.63, 3.8) is 0 Å². The first-order valence-corrected chi connectivity index (χ1v) is 24.5. The van der Waals surface area contributed by atoms with Crippen LogP contribution < -0.4 is 5.32 Å². The molecule has 4 heteroatoms. The number of rotatable bonds is 44. The summed E-state index contributed by atoms with van der Waals surface area (Å²) in [5.74, 6) is -0.0382. The minimum absolute atomic E-state index is 0.0382. The highest BCUT2D eigenvalue weighted by atomic mass is 16.3. The van der Waals surface area contributed by atoms with E-state index in [9.17, 15) is 15.0 Å². The van der Waals surface area contributed by atoms with Crippen LogP contribution in [0.4, 0.5) is 0 Å². The topological polar surface area (TPSA) is 69.6 Å². The molecule has 0 rings (SSSR count). The van der Waals surface area contributed by atoms with E-state index < -0.39 is 12.1 Å². The molecule has 0 fully saturated rings. The Labute approximate surface area is 349 Å². The van der Waals surface area contributed by atoms with Crippen molar-refractivity contribution >= 4 is 5.91 Å². The fourth-order valence-corrected chi connectivity index (χ4v) is 7.33. The number of nitrogens with one attached hydrogen (secondary N) is 1. The lowest BCUT2D eigenvalue weighted by atomic mass is 10.0. The van der Waals surface area contributed by atoms with Gasteiger partial charge >= 0.3 is 0 Å². The highest BCUT2D eigenvalue weighted by Crippen LogP contribution is 2.16. The van der Waals surface area contributed by atoms with E-state index in [0.717, 1.165) is 57.8 Å². The van der Waals surface area contributed by atoms with E-state index in [-0.39, 0.29) is 12.5 Å². The van der Waals surface area contributed by atoms with Gasteiger partial charge in [0.25, 0.3) is 0 Å². The molecule has 2 unspecified atom stereocenters. The number of carbonyl (C=O) groups excluding carboxylic acids is 1. The van der Waals surface area contributed by atoms with Gasteiger partial charge in [-0.3, -0.25) is 4.79 Å². The summed E-state index contributed by atoms with van der Waals surface area (Å²) in [7, 11) is 0. The van der Waals surface area contributed by atoms with Crippen LogP contribution in [0.25, 0.3) is 0 Å². The quantitative estimate of drug-likeness (QED) is 0.0426. The highest BCUT2D eigenvalue weighted by molar-refractivity contribution is 5.76. The molecule has 0 radical (unpaired) electrons. The number of allylic oxidation sites excluding steroid dienone is 10. The van der Waals surface area contributed by atoms with E-state index in [2.05, 4.69) is 79.9 Å². The number of unbranched alkanes of at least 4 members (excludes halogenated alkanes) is 27. The monoisotopic (exact) mass is 782 g/mol. The maximum Gasteiger partial charge on any atom is 0.220 e. The molecule has 0 aliphatic rings. The number of aliphatic hydroxyl groups excluding tert-OH is 2. The minimum atomic E-state index is -0.665. The first-order chi connectivity index (χ1) is 27.7. The molecule has 0 bridgehead atoms. The number of carbonyl (C=O) groups is 1. The molecule has 3 N–H and O–H groups in total. The third kappa shape index (κ3) is 43.2. The number of aliphatic hydroxyl groups is 2. The van der Waals surface area contributed by atoms with E-state index in [4.69, 9.17) is 0 Å². The van der Waals surface area contributed by atoms with Crippen molar-refractivity contribution in [2.45, 2.75) is 257 Å². The van der Waals surface area contributed by atoms with Gasteiger partial charge in [0, 0.05) is 6.42 Å². The molecular formula is C52H95NO3.